The zero-order valence-corrected chi connectivity index (χ0v) is 7.59. The summed E-state index contributed by atoms with van der Waals surface area (Å²) in [6, 6.07) is 6.90. The molecule has 76 valence electrons. The number of benzene rings is 1. The van der Waals surface area contributed by atoms with E-state index in [0.29, 0.717) is 5.56 Å². The Morgan fingerprint density at radius 3 is 2.71 bits per heavy atom. The van der Waals surface area contributed by atoms with Crippen molar-refractivity contribution in [2.45, 2.75) is 12.6 Å². The third-order valence-electron chi connectivity index (χ3n) is 1.96. The monoisotopic (exact) mass is 196 g/mol. The molecule has 14 heavy (non-hydrogen) atoms. The maximum atomic E-state index is 10.2. The van der Waals surface area contributed by atoms with Crippen molar-refractivity contribution in [3.63, 3.8) is 0 Å². The van der Waals surface area contributed by atoms with Crippen LogP contribution in [0, 0.1) is 10.1 Å². The molecule has 1 aromatic carbocycles. The van der Waals surface area contributed by atoms with E-state index in [4.69, 9.17) is 5.73 Å². The van der Waals surface area contributed by atoms with E-state index in [1.54, 1.807) is 24.3 Å². The summed E-state index contributed by atoms with van der Waals surface area (Å²) in [5.41, 5.74) is 6.71. The van der Waals surface area contributed by atoms with Crippen LogP contribution in [-0.2, 0) is 6.54 Å². The molecule has 0 aliphatic rings. The van der Waals surface area contributed by atoms with Crippen LogP contribution in [0.1, 0.15) is 17.2 Å². The highest BCUT2D eigenvalue weighted by atomic mass is 16.6. The molecular formula is C9H12N2O3. The number of aliphatic hydroxyl groups excluding tert-OH is 1. The van der Waals surface area contributed by atoms with Crippen LogP contribution in [0.5, 0.6) is 0 Å². The van der Waals surface area contributed by atoms with Crippen molar-refractivity contribution in [2.24, 2.45) is 5.73 Å². The smallest absolute Gasteiger partial charge is 0.233 e. The molecule has 0 heterocycles. The van der Waals surface area contributed by atoms with Crippen molar-refractivity contribution in [1.82, 2.24) is 0 Å². The molecule has 5 heteroatoms. The molecule has 0 amide bonds. The molecule has 0 saturated heterocycles. The second-order valence-corrected chi connectivity index (χ2v) is 2.93. The van der Waals surface area contributed by atoms with E-state index in [1.165, 1.54) is 0 Å². The SMILES string of the molecule is NCc1ccccc1C(O)C[N+](=O)[O-]. The van der Waals surface area contributed by atoms with Crippen LogP contribution in [-0.4, -0.2) is 16.6 Å². The summed E-state index contributed by atoms with van der Waals surface area (Å²) >= 11 is 0. The predicted molar refractivity (Wildman–Crippen MR) is 51.2 cm³/mol. The molecular weight excluding hydrogens is 184 g/mol. The van der Waals surface area contributed by atoms with Crippen LogP contribution in [0.25, 0.3) is 0 Å². The largest absolute Gasteiger partial charge is 0.382 e. The average Bonchev–Trinajstić information content (AvgIpc) is 2.16. The van der Waals surface area contributed by atoms with Crippen molar-refractivity contribution < 1.29 is 10.0 Å². The minimum Gasteiger partial charge on any atom is -0.382 e. The van der Waals surface area contributed by atoms with E-state index < -0.39 is 17.6 Å². The first kappa shape index (κ1) is 10.6. The molecule has 0 bridgehead atoms. The fourth-order valence-electron chi connectivity index (χ4n) is 1.28. The lowest BCUT2D eigenvalue weighted by atomic mass is 10.0. The summed E-state index contributed by atoms with van der Waals surface area (Å²) in [6.07, 6.45) is -1.08. The van der Waals surface area contributed by atoms with Crippen molar-refractivity contribution in [3.05, 3.63) is 45.5 Å². The fraction of sp³-hybridized carbons (Fsp3) is 0.333. The maximum Gasteiger partial charge on any atom is 0.233 e. The number of aliphatic hydroxyl groups is 1. The molecule has 0 aliphatic heterocycles. The summed E-state index contributed by atoms with van der Waals surface area (Å²) in [5, 5.41) is 19.7. The van der Waals surface area contributed by atoms with Gasteiger partial charge in [0.2, 0.25) is 6.54 Å². The normalized spacial score (nSPS) is 12.4. The molecule has 0 spiro atoms. The van der Waals surface area contributed by atoms with Gasteiger partial charge in [0.1, 0.15) is 6.10 Å². The number of hydrogen-bond acceptors (Lipinski definition) is 4. The van der Waals surface area contributed by atoms with Crippen LogP contribution >= 0.6 is 0 Å². The van der Waals surface area contributed by atoms with Crippen LogP contribution in [0.2, 0.25) is 0 Å². The zero-order chi connectivity index (χ0) is 10.6. The quantitative estimate of drug-likeness (QED) is 0.540. The van der Waals surface area contributed by atoms with Crippen LogP contribution < -0.4 is 5.73 Å². The zero-order valence-electron chi connectivity index (χ0n) is 7.59. The molecule has 1 aromatic rings. The van der Waals surface area contributed by atoms with Crippen LogP contribution in [0.15, 0.2) is 24.3 Å². The van der Waals surface area contributed by atoms with Gasteiger partial charge in [0, 0.05) is 11.5 Å². The van der Waals surface area contributed by atoms with Gasteiger partial charge in [-0.25, -0.2) is 0 Å². The van der Waals surface area contributed by atoms with Crippen molar-refractivity contribution >= 4 is 0 Å². The lowest BCUT2D eigenvalue weighted by Crippen LogP contribution is -2.14. The first-order chi connectivity index (χ1) is 6.65. The Balaban J connectivity index is 2.87. The number of hydrogen-bond donors (Lipinski definition) is 2. The molecule has 0 aromatic heterocycles. The lowest BCUT2D eigenvalue weighted by molar-refractivity contribution is -0.491. The molecule has 3 N–H and O–H groups in total. The number of rotatable bonds is 4. The van der Waals surface area contributed by atoms with Crippen molar-refractivity contribution in [2.75, 3.05) is 6.54 Å². The Hall–Kier alpha value is -1.46. The molecule has 0 saturated carbocycles. The molecule has 5 nitrogen and oxygen atoms in total. The van der Waals surface area contributed by atoms with Gasteiger partial charge < -0.3 is 10.8 Å². The Kier molecular flexibility index (Phi) is 3.55. The lowest BCUT2D eigenvalue weighted by Gasteiger charge is -2.10. The predicted octanol–water partition coefficient (Wildman–Crippen LogP) is 0.455. The van der Waals surface area contributed by atoms with E-state index in [9.17, 15) is 15.2 Å². The Bertz CT molecular complexity index is 328. The number of nitrogens with zero attached hydrogens (tertiary/aromatic N) is 1. The topological polar surface area (TPSA) is 89.4 Å². The Morgan fingerprint density at radius 2 is 2.14 bits per heavy atom. The van der Waals surface area contributed by atoms with Gasteiger partial charge in [-0.15, -0.1) is 0 Å². The van der Waals surface area contributed by atoms with E-state index in [-0.39, 0.29) is 6.54 Å². The fourth-order valence-corrected chi connectivity index (χ4v) is 1.28. The van der Waals surface area contributed by atoms with E-state index in [1.807, 2.05) is 0 Å². The standard InChI is InChI=1S/C9H12N2O3/c10-5-7-3-1-2-4-8(7)9(12)6-11(13)14/h1-4,9,12H,5-6,10H2. The van der Waals surface area contributed by atoms with E-state index in [0.717, 1.165) is 5.56 Å². The van der Waals surface area contributed by atoms with Crippen molar-refractivity contribution in [3.8, 4) is 0 Å². The average molecular weight is 196 g/mol. The third kappa shape index (κ3) is 2.51. The van der Waals surface area contributed by atoms with Gasteiger partial charge in [0.15, 0.2) is 0 Å². The van der Waals surface area contributed by atoms with Gasteiger partial charge >= 0.3 is 0 Å². The number of nitrogens with two attached hydrogens (primary N) is 1. The minimum atomic E-state index is -1.08. The van der Waals surface area contributed by atoms with Gasteiger partial charge in [-0.05, 0) is 11.1 Å². The second kappa shape index (κ2) is 4.69. The van der Waals surface area contributed by atoms with Crippen LogP contribution in [0.4, 0.5) is 0 Å². The molecule has 0 radical (unpaired) electrons. The van der Waals surface area contributed by atoms with E-state index >= 15 is 0 Å². The Labute approximate surface area is 81.3 Å². The first-order valence-electron chi connectivity index (χ1n) is 4.23. The third-order valence-corrected chi connectivity index (χ3v) is 1.96. The molecule has 0 aliphatic carbocycles. The molecule has 0 fully saturated rings. The second-order valence-electron chi connectivity index (χ2n) is 2.93. The molecule has 1 atom stereocenters. The summed E-state index contributed by atoms with van der Waals surface area (Å²) in [7, 11) is 0. The van der Waals surface area contributed by atoms with Crippen LogP contribution in [0.3, 0.4) is 0 Å². The molecule has 1 rings (SSSR count). The highest BCUT2D eigenvalue weighted by molar-refractivity contribution is 5.28. The maximum absolute atomic E-state index is 10.2. The summed E-state index contributed by atoms with van der Waals surface area (Å²) in [4.78, 5) is 9.65. The van der Waals surface area contributed by atoms with Gasteiger partial charge in [0.05, 0.1) is 0 Å². The number of nitro groups is 1. The molecule has 1 unspecified atom stereocenters. The van der Waals surface area contributed by atoms with Crippen molar-refractivity contribution in [1.29, 1.82) is 0 Å². The highest BCUT2D eigenvalue weighted by Crippen LogP contribution is 2.17. The van der Waals surface area contributed by atoms with Gasteiger partial charge in [-0.1, -0.05) is 24.3 Å². The van der Waals surface area contributed by atoms with Gasteiger partial charge in [-0.3, -0.25) is 10.1 Å². The van der Waals surface area contributed by atoms with Gasteiger partial charge in [0.25, 0.3) is 0 Å². The summed E-state index contributed by atoms with van der Waals surface area (Å²) < 4.78 is 0. The summed E-state index contributed by atoms with van der Waals surface area (Å²) in [6.45, 7) is -0.220. The minimum absolute atomic E-state index is 0.269. The van der Waals surface area contributed by atoms with Gasteiger partial charge in [-0.2, -0.15) is 0 Å². The Morgan fingerprint density at radius 1 is 1.50 bits per heavy atom. The van der Waals surface area contributed by atoms with E-state index in [2.05, 4.69) is 0 Å². The first-order valence-corrected chi connectivity index (χ1v) is 4.23. The highest BCUT2D eigenvalue weighted by Gasteiger charge is 2.16. The summed E-state index contributed by atoms with van der Waals surface area (Å²) in [5.74, 6) is 0.